The first-order valence-corrected chi connectivity index (χ1v) is 12.4. The summed E-state index contributed by atoms with van der Waals surface area (Å²) in [6, 6.07) is 0.277. The molecule has 1 aromatic rings. The van der Waals surface area contributed by atoms with Crippen LogP contribution < -0.4 is 21.5 Å². The van der Waals surface area contributed by atoms with E-state index in [1.807, 2.05) is 0 Å². The number of amides is 1. The van der Waals surface area contributed by atoms with Crippen LogP contribution in [0, 0.1) is 29.1 Å². The van der Waals surface area contributed by atoms with Crippen LogP contribution >= 0.6 is 15.9 Å². The molecule has 0 unspecified atom stereocenters. The van der Waals surface area contributed by atoms with E-state index in [1.54, 1.807) is 6.20 Å². The number of piperidine rings is 1. The van der Waals surface area contributed by atoms with Crippen molar-refractivity contribution in [2.45, 2.75) is 66.5 Å². The molecule has 1 aromatic heterocycles. The van der Waals surface area contributed by atoms with Gasteiger partial charge in [-0.05, 0) is 77.4 Å². The minimum atomic E-state index is -0.285. The lowest BCUT2D eigenvalue weighted by Gasteiger charge is -2.50. The van der Waals surface area contributed by atoms with Crippen molar-refractivity contribution in [2.75, 3.05) is 25.0 Å². The van der Waals surface area contributed by atoms with Crippen LogP contribution in [0.25, 0.3) is 0 Å². The molecule has 2 heterocycles. The summed E-state index contributed by atoms with van der Waals surface area (Å²) in [7, 11) is 0. The Morgan fingerprint density at radius 3 is 2.65 bits per heavy atom. The van der Waals surface area contributed by atoms with Crippen LogP contribution in [0.2, 0.25) is 0 Å². The van der Waals surface area contributed by atoms with Crippen molar-refractivity contribution < 1.29 is 4.79 Å². The zero-order chi connectivity index (χ0) is 22.8. The summed E-state index contributed by atoms with van der Waals surface area (Å²) in [6.45, 7) is 14.2. The van der Waals surface area contributed by atoms with Gasteiger partial charge in [0.1, 0.15) is 11.0 Å². The molecule has 0 aromatic carbocycles. The largest absolute Gasteiger partial charge is 0.380 e. The van der Waals surface area contributed by atoms with Gasteiger partial charge in [0.15, 0.2) is 0 Å². The third kappa shape index (κ3) is 5.51. The molecule has 2 aliphatic rings. The zero-order valence-corrected chi connectivity index (χ0v) is 21.1. The highest BCUT2D eigenvalue weighted by Crippen LogP contribution is 2.48. The smallest absolute Gasteiger partial charge is 0.283 e. The van der Waals surface area contributed by atoms with Crippen molar-refractivity contribution in [1.82, 2.24) is 20.4 Å². The first-order valence-electron chi connectivity index (χ1n) is 11.6. The fraction of sp³-hybridized carbons (Fsp3) is 0.783. The van der Waals surface area contributed by atoms with E-state index >= 15 is 0 Å². The monoisotopic (exact) mass is 495 g/mol. The summed E-state index contributed by atoms with van der Waals surface area (Å²) in [6.07, 6.45) is 4.84. The third-order valence-electron chi connectivity index (χ3n) is 8.14. The maximum absolute atomic E-state index is 12.8. The number of halogens is 1. The molecular formula is C23H38BrN5O2. The van der Waals surface area contributed by atoms with Crippen molar-refractivity contribution in [3.8, 4) is 0 Å². The number of hydrogen-bond donors (Lipinski definition) is 3. The average molecular weight is 496 g/mol. The molecular weight excluding hydrogens is 458 g/mol. The van der Waals surface area contributed by atoms with Gasteiger partial charge in [-0.25, -0.2) is 4.68 Å². The number of nitrogens with zero attached hydrogens (tertiary/aromatic N) is 2. The molecule has 3 rings (SSSR count). The minimum Gasteiger partial charge on any atom is -0.380 e. The van der Waals surface area contributed by atoms with Gasteiger partial charge < -0.3 is 16.0 Å². The number of aromatic nitrogens is 2. The summed E-state index contributed by atoms with van der Waals surface area (Å²) in [5.74, 6) is 1.93. The van der Waals surface area contributed by atoms with Crippen molar-refractivity contribution in [3.05, 3.63) is 21.0 Å². The minimum absolute atomic E-state index is 0.0647. The van der Waals surface area contributed by atoms with Gasteiger partial charge in [0.25, 0.3) is 5.56 Å². The molecule has 0 radical (unpaired) electrons. The first kappa shape index (κ1) is 24.2. The van der Waals surface area contributed by atoms with Crippen LogP contribution in [-0.2, 0) is 11.3 Å². The lowest BCUT2D eigenvalue weighted by Crippen LogP contribution is -2.48. The van der Waals surface area contributed by atoms with Gasteiger partial charge in [0.05, 0.1) is 11.9 Å². The van der Waals surface area contributed by atoms with E-state index in [4.69, 9.17) is 0 Å². The van der Waals surface area contributed by atoms with E-state index in [0.717, 1.165) is 32.4 Å². The van der Waals surface area contributed by atoms with Gasteiger partial charge in [-0.1, -0.05) is 34.6 Å². The SMILES string of the molecule is C[C@@H]1[C@@H](C)C(C)(C)[C@@H](C)C[C@H]1Nc1cnn(CC(=O)NCC2CCNCC2)c(=O)c1Br. The summed E-state index contributed by atoms with van der Waals surface area (Å²) >= 11 is 3.45. The molecule has 3 N–H and O–H groups in total. The van der Waals surface area contributed by atoms with Crippen LogP contribution in [0.5, 0.6) is 0 Å². The predicted octanol–water partition coefficient (Wildman–Crippen LogP) is 3.24. The molecule has 1 aliphatic carbocycles. The number of carbonyl (C=O) groups is 1. The lowest BCUT2D eigenvalue weighted by atomic mass is 9.58. The zero-order valence-electron chi connectivity index (χ0n) is 19.5. The van der Waals surface area contributed by atoms with E-state index < -0.39 is 0 Å². The van der Waals surface area contributed by atoms with Crippen molar-refractivity contribution >= 4 is 27.5 Å². The van der Waals surface area contributed by atoms with Crippen LogP contribution in [0.1, 0.15) is 53.9 Å². The van der Waals surface area contributed by atoms with E-state index in [2.05, 4.69) is 71.6 Å². The Bertz CT molecular complexity index is 834. The number of anilines is 1. The van der Waals surface area contributed by atoms with Crippen LogP contribution in [0.3, 0.4) is 0 Å². The standard InChI is InChI=1S/C23H38BrN5O2/c1-14-10-18(15(2)16(3)23(14,4)5)28-19-12-27-29(22(31)21(19)24)13-20(30)26-11-17-6-8-25-9-7-17/h12,14-18,25,28H,6-11,13H2,1-5H3,(H,26,30)/t14-,15+,16+,18+/m0/s1. The second-order valence-electron chi connectivity index (χ2n) is 10.2. The highest BCUT2D eigenvalue weighted by Gasteiger charge is 2.43. The van der Waals surface area contributed by atoms with Gasteiger partial charge in [0, 0.05) is 12.6 Å². The fourth-order valence-electron chi connectivity index (χ4n) is 4.98. The van der Waals surface area contributed by atoms with E-state index in [1.165, 1.54) is 4.68 Å². The molecule has 1 saturated heterocycles. The van der Waals surface area contributed by atoms with Crippen LogP contribution in [-0.4, -0.2) is 41.4 Å². The Labute approximate surface area is 194 Å². The van der Waals surface area contributed by atoms with Gasteiger partial charge in [-0.2, -0.15) is 5.10 Å². The summed E-state index contributed by atoms with van der Waals surface area (Å²) in [5, 5.41) is 14.1. The Balaban J connectivity index is 1.62. The highest BCUT2D eigenvalue weighted by atomic mass is 79.9. The second-order valence-corrected chi connectivity index (χ2v) is 11.0. The summed E-state index contributed by atoms with van der Waals surface area (Å²) < 4.78 is 1.66. The van der Waals surface area contributed by atoms with Gasteiger partial charge >= 0.3 is 0 Å². The first-order chi connectivity index (χ1) is 14.6. The van der Waals surface area contributed by atoms with Crippen molar-refractivity contribution in [3.63, 3.8) is 0 Å². The predicted molar refractivity (Wildman–Crippen MR) is 128 cm³/mol. The second kappa shape index (κ2) is 10.0. The molecule has 7 nitrogen and oxygen atoms in total. The molecule has 0 bridgehead atoms. The Kier molecular flexibility index (Phi) is 7.84. The average Bonchev–Trinajstić information content (AvgIpc) is 2.75. The summed E-state index contributed by atoms with van der Waals surface area (Å²) in [4.78, 5) is 25.2. The molecule has 2 fully saturated rings. The number of carbonyl (C=O) groups excluding carboxylic acids is 1. The number of nitrogens with one attached hydrogen (secondary N) is 3. The normalized spacial score (nSPS) is 28.8. The maximum Gasteiger partial charge on any atom is 0.283 e. The van der Waals surface area contributed by atoms with Gasteiger partial charge in [-0.15, -0.1) is 0 Å². The molecule has 0 spiro atoms. The van der Waals surface area contributed by atoms with Crippen LogP contribution in [0.15, 0.2) is 15.5 Å². The van der Waals surface area contributed by atoms with E-state index in [-0.39, 0.29) is 29.5 Å². The van der Waals surface area contributed by atoms with Gasteiger partial charge in [-0.3, -0.25) is 9.59 Å². The molecule has 1 aliphatic heterocycles. The topological polar surface area (TPSA) is 88.1 Å². The summed E-state index contributed by atoms with van der Waals surface area (Å²) in [5.41, 5.74) is 0.706. The highest BCUT2D eigenvalue weighted by molar-refractivity contribution is 9.10. The van der Waals surface area contributed by atoms with Crippen molar-refractivity contribution in [2.24, 2.45) is 29.1 Å². The maximum atomic E-state index is 12.8. The van der Waals surface area contributed by atoms with Crippen LogP contribution in [0.4, 0.5) is 5.69 Å². The molecule has 8 heteroatoms. The molecule has 1 saturated carbocycles. The quantitative estimate of drug-likeness (QED) is 0.563. The van der Waals surface area contributed by atoms with Crippen molar-refractivity contribution in [1.29, 1.82) is 0 Å². The Morgan fingerprint density at radius 2 is 1.97 bits per heavy atom. The lowest BCUT2D eigenvalue weighted by molar-refractivity contribution is -0.122. The molecule has 174 valence electrons. The fourth-order valence-corrected chi connectivity index (χ4v) is 5.40. The Hall–Kier alpha value is -1.41. The Morgan fingerprint density at radius 1 is 1.29 bits per heavy atom. The van der Waals surface area contributed by atoms with Gasteiger partial charge in [0.2, 0.25) is 5.91 Å². The van der Waals surface area contributed by atoms with E-state index in [0.29, 0.717) is 40.4 Å². The number of rotatable bonds is 6. The molecule has 1 amide bonds. The molecule has 4 atom stereocenters. The third-order valence-corrected chi connectivity index (χ3v) is 8.91. The number of hydrogen-bond acceptors (Lipinski definition) is 5. The van der Waals surface area contributed by atoms with E-state index in [9.17, 15) is 9.59 Å². The molecule has 31 heavy (non-hydrogen) atoms.